The summed E-state index contributed by atoms with van der Waals surface area (Å²) in [4.78, 5) is 0.123. The normalized spacial score (nSPS) is 11.0. The van der Waals surface area contributed by atoms with Crippen molar-refractivity contribution in [2.24, 2.45) is 0 Å². The van der Waals surface area contributed by atoms with Crippen LogP contribution in [0.25, 0.3) is 0 Å². The van der Waals surface area contributed by atoms with Crippen LogP contribution >= 0.6 is 11.6 Å². The third kappa shape index (κ3) is 6.07. The molecule has 0 unspecified atom stereocenters. The lowest BCUT2D eigenvalue weighted by Crippen LogP contribution is -2.20. The maximum atomic E-state index is 6.44. The number of alkyl halides is 1. The molecule has 0 nitrogen and oxygen atoms in total. The van der Waals surface area contributed by atoms with Gasteiger partial charge in [0.25, 0.3) is 0 Å². The molecule has 0 bridgehead atoms. The number of hydrogen-bond donors (Lipinski definition) is 0. The van der Waals surface area contributed by atoms with E-state index in [2.05, 4.69) is 20.8 Å². The van der Waals surface area contributed by atoms with Crippen LogP contribution in [0.15, 0.2) is 0 Å². The fourth-order valence-electron chi connectivity index (χ4n) is 1.72. The van der Waals surface area contributed by atoms with E-state index < -0.39 is 0 Å². The van der Waals surface area contributed by atoms with E-state index in [1.54, 1.807) is 0 Å². The molecular weight excluding hydrogens is 184 g/mol. The number of hydrogen-bond acceptors (Lipinski definition) is 0. The highest BCUT2D eigenvalue weighted by molar-refractivity contribution is 6.23. The summed E-state index contributed by atoms with van der Waals surface area (Å²) in [5, 5.41) is 0. The van der Waals surface area contributed by atoms with Crippen LogP contribution in [0.4, 0.5) is 0 Å². The minimum Gasteiger partial charge on any atom is -0.119 e. The molecule has 0 amide bonds. The molecule has 0 N–H and O–H groups in total. The summed E-state index contributed by atoms with van der Waals surface area (Å²) < 4.78 is 0. The van der Waals surface area contributed by atoms with Crippen LogP contribution in [0, 0.1) is 0 Å². The Balaban J connectivity index is 0. The Hall–Kier alpha value is 0.507. The van der Waals surface area contributed by atoms with Crippen molar-refractivity contribution in [2.75, 3.05) is 0 Å². The van der Waals surface area contributed by atoms with Crippen molar-refractivity contribution in [3.05, 3.63) is 0 Å². The molecule has 0 aromatic rings. The molecule has 0 aliphatic carbocycles. The average Bonchev–Trinajstić information content (AvgIpc) is 1.88. The van der Waals surface area contributed by atoms with Gasteiger partial charge < -0.3 is 0 Å². The lowest BCUT2D eigenvalue weighted by Gasteiger charge is -2.25. The molecule has 2 heteroatoms. The van der Waals surface area contributed by atoms with Crippen LogP contribution in [-0.2, 0) is 0 Å². The summed E-state index contributed by atoms with van der Waals surface area (Å²) >= 11 is 6.44. The van der Waals surface area contributed by atoms with Crippen LogP contribution in [-0.4, -0.2) is 15.8 Å². The van der Waals surface area contributed by atoms with Gasteiger partial charge in [-0.15, -0.1) is 11.6 Å². The highest BCUT2D eigenvalue weighted by Crippen LogP contribution is 2.32. The predicted octanol–water partition coefficient (Wildman–Crippen LogP) is 2.91. The fraction of sp³-hybridized carbons (Fsp3) is 1.00. The smallest absolute Gasteiger partial charge is 0.0446 e. The molecule has 12 heavy (non-hydrogen) atoms. The first-order chi connectivity index (χ1) is 5.18. The van der Waals surface area contributed by atoms with E-state index in [1.807, 2.05) is 0 Å². The molecule has 0 saturated carbocycles. The molecule has 0 fully saturated rings. The van der Waals surface area contributed by atoms with Gasteiger partial charge in [-0.2, -0.15) is 0 Å². The van der Waals surface area contributed by atoms with Crippen molar-refractivity contribution in [1.29, 1.82) is 0 Å². The van der Waals surface area contributed by atoms with Gasteiger partial charge in [0.05, 0.1) is 0 Å². The topological polar surface area (TPSA) is 0 Å². The van der Waals surface area contributed by atoms with E-state index >= 15 is 0 Å². The SMILES string of the molecule is CCCC(Cl)(CCC)CCC.[SiH4]. The van der Waals surface area contributed by atoms with Crippen LogP contribution in [0.5, 0.6) is 0 Å². The Kier molecular flexibility index (Phi) is 10.2. The zero-order valence-corrected chi connectivity index (χ0v) is 8.88. The first-order valence-electron chi connectivity index (χ1n) is 4.87. The Morgan fingerprint density at radius 2 is 1.08 bits per heavy atom. The van der Waals surface area contributed by atoms with Gasteiger partial charge in [-0.3, -0.25) is 0 Å². The Bertz CT molecular complexity index is 76.8. The van der Waals surface area contributed by atoms with Crippen molar-refractivity contribution in [3.8, 4) is 0 Å². The monoisotopic (exact) mass is 208 g/mol. The summed E-state index contributed by atoms with van der Waals surface area (Å²) in [6.07, 6.45) is 7.17. The van der Waals surface area contributed by atoms with E-state index in [0.717, 1.165) is 0 Å². The summed E-state index contributed by atoms with van der Waals surface area (Å²) in [5.74, 6) is 0. The lowest BCUT2D eigenvalue weighted by molar-refractivity contribution is 0.444. The Morgan fingerprint density at radius 3 is 1.25 bits per heavy atom. The van der Waals surface area contributed by atoms with E-state index in [1.165, 1.54) is 38.5 Å². The molecule has 0 aromatic carbocycles. The summed E-state index contributed by atoms with van der Waals surface area (Å²) in [6.45, 7) is 6.63. The molecule has 0 aromatic heterocycles. The molecule has 0 aliphatic rings. The molecule has 0 atom stereocenters. The van der Waals surface area contributed by atoms with Gasteiger partial charge in [0.15, 0.2) is 0 Å². The molecule has 0 radical (unpaired) electrons. The highest BCUT2D eigenvalue weighted by Gasteiger charge is 2.23. The van der Waals surface area contributed by atoms with E-state index in [-0.39, 0.29) is 15.8 Å². The molecule has 0 heterocycles. The largest absolute Gasteiger partial charge is 0.119 e. The summed E-state index contributed by atoms with van der Waals surface area (Å²) in [7, 11) is 0. The van der Waals surface area contributed by atoms with Gasteiger partial charge in [0.1, 0.15) is 0 Å². The van der Waals surface area contributed by atoms with Gasteiger partial charge in [-0.05, 0) is 30.2 Å². The van der Waals surface area contributed by atoms with Crippen molar-refractivity contribution in [3.63, 3.8) is 0 Å². The van der Waals surface area contributed by atoms with Gasteiger partial charge in [0.2, 0.25) is 0 Å². The minimum absolute atomic E-state index is 0. The lowest BCUT2D eigenvalue weighted by atomic mass is 9.93. The second kappa shape index (κ2) is 8.12. The van der Waals surface area contributed by atoms with Crippen LogP contribution in [0.1, 0.15) is 59.3 Å². The first kappa shape index (κ1) is 15.0. The highest BCUT2D eigenvalue weighted by atomic mass is 35.5. The molecule has 76 valence electrons. The zero-order valence-electron chi connectivity index (χ0n) is 8.12. The van der Waals surface area contributed by atoms with Crippen LogP contribution in [0.3, 0.4) is 0 Å². The van der Waals surface area contributed by atoms with Gasteiger partial charge in [0, 0.05) is 4.87 Å². The van der Waals surface area contributed by atoms with E-state index in [0.29, 0.717) is 0 Å². The van der Waals surface area contributed by atoms with Crippen molar-refractivity contribution in [1.82, 2.24) is 0 Å². The maximum absolute atomic E-state index is 6.44. The second-order valence-electron chi connectivity index (χ2n) is 3.40. The van der Waals surface area contributed by atoms with Crippen LogP contribution < -0.4 is 0 Å². The zero-order chi connectivity index (χ0) is 8.74. The van der Waals surface area contributed by atoms with Crippen molar-refractivity contribution >= 4 is 22.6 Å². The third-order valence-electron chi connectivity index (χ3n) is 2.09. The predicted molar refractivity (Wildman–Crippen MR) is 64.6 cm³/mol. The van der Waals surface area contributed by atoms with E-state index in [4.69, 9.17) is 11.6 Å². The van der Waals surface area contributed by atoms with Crippen molar-refractivity contribution in [2.45, 2.75) is 64.2 Å². The third-order valence-corrected chi connectivity index (χ3v) is 2.66. The van der Waals surface area contributed by atoms with Crippen LogP contribution in [0.2, 0.25) is 0 Å². The molecule has 0 saturated heterocycles. The molecule has 0 spiro atoms. The molecule has 0 rings (SSSR count). The number of halogens is 1. The van der Waals surface area contributed by atoms with Crippen molar-refractivity contribution < 1.29 is 0 Å². The quantitative estimate of drug-likeness (QED) is 0.465. The van der Waals surface area contributed by atoms with Gasteiger partial charge in [-0.1, -0.05) is 40.0 Å². The fourth-order valence-corrected chi connectivity index (χ4v) is 2.29. The molecule has 0 aliphatic heterocycles. The first-order valence-corrected chi connectivity index (χ1v) is 5.25. The summed E-state index contributed by atoms with van der Waals surface area (Å²) in [5.41, 5.74) is 0. The second-order valence-corrected chi connectivity index (χ2v) is 4.20. The molecular formula is C10H25ClSi. The van der Waals surface area contributed by atoms with E-state index in [9.17, 15) is 0 Å². The van der Waals surface area contributed by atoms with Gasteiger partial charge >= 0.3 is 0 Å². The number of rotatable bonds is 6. The Morgan fingerprint density at radius 1 is 0.833 bits per heavy atom. The summed E-state index contributed by atoms with van der Waals surface area (Å²) in [6, 6.07) is 0. The Labute approximate surface area is 87.1 Å². The average molecular weight is 209 g/mol. The minimum atomic E-state index is 0. The van der Waals surface area contributed by atoms with Gasteiger partial charge in [-0.25, -0.2) is 0 Å². The maximum Gasteiger partial charge on any atom is 0.0446 e. The standard InChI is InChI=1S/C10H21Cl.H4Si/c1-4-7-10(11,8-5-2)9-6-3;/h4-9H2,1-3H3;1H4.